The minimum Gasteiger partial charge on any atom is -0.245 e. The van der Waals surface area contributed by atoms with E-state index in [0.29, 0.717) is 0 Å². The largest absolute Gasteiger partial charge is 0.245 e. The molecule has 4 heterocycles. The van der Waals surface area contributed by atoms with Crippen LogP contribution in [-0.4, -0.2) is 52.9 Å². The highest BCUT2D eigenvalue weighted by Gasteiger charge is 2.15. The number of hydrogen-bond donors (Lipinski definition) is 0. The molecular weight excluding hydrogens is 1190 g/mol. The van der Waals surface area contributed by atoms with Crippen molar-refractivity contribution in [3.05, 3.63) is 336 Å². The molecule has 0 atom stereocenters. The number of rotatable bonds is 1. The van der Waals surface area contributed by atoms with Gasteiger partial charge in [0.2, 0.25) is 0 Å². The fourth-order valence-corrected chi connectivity index (χ4v) is 12.1. The molecule has 0 aliphatic carbocycles. The highest BCUT2D eigenvalue weighted by molar-refractivity contribution is 6.88. The van der Waals surface area contributed by atoms with Crippen LogP contribution in [0.25, 0.3) is 75.4 Å². The molecule has 0 spiro atoms. The van der Waals surface area contributed by atoms with Gasteiger partial charge in [0.15, 0.2) is 0 Å². The lowest BCUT2D eigenvalue weighted by Gasteiger charge is -2.16. The van der Waals surface area contributed by atoms with E-state index in [2.05, 4.69) is 320 Å². The first-order valence-corrected chi connectivity index (χ1v) is 36.0. The first-order chi connectivity index (χ1) is 46.2. The van der Waals surface area contributed by atoms with E-state index >= 15 is 0 Å². The van der Waals surface area contributed by atoms with Crippen molar-refractivity contribution < 1.29 is 0 Å². The van der Waals surface area contributed by atoms with Crippen LogP contribution in [-0.2, 0) is 0 Å². The lowest BCUT2D eigenvalue weighted by atomic mass is 9.92. The number of aromatic nitrogens is 9. The molecule has 4 aromatic heterocycles. The summed E-state index contributed by atoms with van der Waals surface area (Å²) in [4.78, 5) is 34.0. The van der Waals surface area contributed by atoms with Crippen LogP contribution < -0.4 is 5.19 Å². The lowest BCUT2D eigenvalue weighted by molar-refractivity contribution is 0.974. The Morgan fingerprint density at radius 2 is 0.750 bits per heavy atom. The Hall–Kier alpha value is -10.8. The third kappa shape index (κ3) is 20.6. The molecule has 0 aliphatic heterocycles. The zero-order chi connectivity index (χ0) is 68.6. The predicted molar refractivity (Wildman–Crippen MR) is 412 cm³/mol. The Morgan fingerprint density at radius 3 is 1.28 bits per heavy atom. The van der Waals surface area contributed by atoms with Gasteiger partial charge in [-0.2, -0.15) is 0 Å². The summed E-state index contributed by atoms with van der Waals surface area (Å²) in [5, 5.41) is 20.5. The van der Waals surface area contributed by atoms with Crippen LogP contribution in [0.15, 0.2) is 269 Å². The van der Waals surface area contributed by atoms with Crippen molar-refractivity contribution in [1.29, 1.82) is 0 Å². The van der Waals surface area contributed by atoms with Crippen LogP contribution in [0.3, 0.4) is 0 Å². The van der Waals surface area contributed by atoms with E-state index in [9.17, 15) is 0 Å². The Kier molecular flexibility index (Phi) is 25.8. The van der Waals surface area contributed by atoms with Crippen LogP contribution in [0, 0.1) is 83.1 Å². The molecule has 10 heteroatoms. The smallest absolute Gasteiger partial charge is 0.128 e. The zero-order valence-corrected chi connectivity index (χ0v) is 59.4. The number of hydrogen-bond acceptors (Lipinski definition) is 9. The Balaban J connectivity index is 0.000000141. The molecule has 16 rings (SSSR count). The summed E-state index contributed by atoms with van der Waals surface area (Å²) >= 11 is 0. The molecule has 0 radical (unpaired) electrons. The lowest BCUT2D eigenvalue weighted by Crippen LogP contribution is -2.37. The van der Waals surface area contributed by atoms with Crippen molar-refractivity contribution in [3.8, 4) is 0 Å². The summed E-state index contributed by atoms with van der Waals surface area (Å²) in [6, 6.07) is 75.9. The fraction of sp³-hybridized carbons (Fsp3) is 0.174. The third-order valence-corrected chi connectivity index (χ3v) is 18.4. The van der Waals surface area contributed by atoms with Gasteiger partial charge in [-0.3, -0.25) is 0 Å². The number of fused-ring (bicyclic) bond motifs is 6. The molecule has 96 heavy (non-hydrogen) atoms. The molecule has 12 aromatic carbocycles. The number of benzene rings is 12. The highest BCUT2D eigenvalue weighted by atomic mass is 28.3. The summed E-state index contributed by atoms with van der Waals surface area (Å²) in [6.45, 7) is 32.0. The quantitative estimate of drug-likeness (QED) is 0.117. The molecule has 0 saturated heterocycles. The van der Waals surface area contributed by atoms with E-state index in [0.717, 1.165) is 22.9 Å². The predicted octanol–water partition coefficient (Wildman–Crippen LogP) is 21.5. The third-order valence-electron chi connectivity index (χ3n) is 16.3. The van der Waals surface area contributed by atoms with E-state index in [1.165, 1.54) is 145 Å². The van der Waals surface area contributed by atoms with Crippen molar-refractivity contribution in [2.45, 2.75) is 103 Å². The maximum Gasteiger partial charge on any atom is 0.128 e. The van der Waals surface area contributed by atoms with Gasteiger partial charge in [-0.15, -0.1) is 0 Å². The van der Waals surface area contributed by atoms with E-state index in [-0.39, 0.29) is 0 Å². The SMILES string of the molecule is Cc1cc(C)c(C)c(C)c1.Cc1cc2ccccc2c2ccccc12.Cc1ccc([Si](C)(C)C)cc1.Cc1ccc2ccc3cccc4ccc1c2c34.Cc1ccc2ccc3ccccc3c2c1.Cc1ccncn1.Cc1cncnc1.Cc1ncccn1.Cc1ncncn1. The Morgan fingerprint density at radius 1 is 0.260 bits per heavy atom. The van der Waals surface area contributed by atoms with Crippen molar-refractivity contribution in [3.63, 3.8) is 0 Å². The van der Waals surface area contributed by atoms with Crippen LogP contribution in [0.4, 0.5) is 0 Å². The van der Waals surface area contributed by atoms with Gasteiger partial charge in [-0.25, -0.2) is 44.9 Å². The van der Waals surface area contributed by atoms with Gasteiger partial charge in [-0.05, 0) is 204 Å². The van der Waals surface area contributed by atoms with Gasteiger partial charge in [0.1, 0.15) is 37.0 Å². The molecular formula is C86H89N9Si. The zero-order valence-electron chi connectivity index (χ0n) is 58.4. The second-order valence-corrected chi connectivity index (χ2v) is 30.2. The minimum absolute atomic E-state index is 0.759. The molecule has 16 aromatic rings. The fourth-order valence-electron chi connectivity index (χ4n) is 10.9. The minimum atomic E-state index is -1.06. The van der Waals surface area contributed by atoms with E-state index in [1.807, 2.05) is 33.8 Å². The second kappa shape index (κ2) is 34.9. The molecule has 0 fully saturated rings. The summed E-state index contributed by atoms with van der Waals surface area (Å²) in [6.07, 6.45) is 14.7. The highest BCUT2D eigenvalue weighted by Crippen LogP contribution is 2.36. The molecule has 0 amide bonds. The van der Waals surface area contributed by atoms with Crippen molar-refractivity contribution >= 4 is 88.7 Å². The molecule has 0 bridgehead atoms. The molecule has 0 unspecified atom stereocenters. The van der Waals surface area contributed by atoms with Crippen LogP contribution >= 0.6 is 0 Å². The maximum atomic E-state index is 3.87. The second-order valence-electron chi connectivity index (χ2n) is 25.1. The van der Waals surface area contributed by atoms with Crippen LogP contribution in [0.2, 0.25) is 19.6 Å². The molecule has 0 N–H and O–H groups in total. The topological polar surface area (TPSA) is 116 Å². The van der Waals surface area contributed by atoms with Gasteiger partial charge in [0, 0.05) is 36.7 Å². The van der Waals surface area contributed by atoms with Crippen LogP contribution in [0.5, 0.6) is 0 Å². The number of aryl methyl sites for hydroxylation is 11. The van der Waals surface area contributed by atoms with E-state index in [1.54, 1.807) is 42.2 Å². The Labute approximate surface area is 569 Å². The normalized spacial score (nSPS) is 10.4. The number of nitrogens with zero attached hydrogens (tertiary/aromatic N) is 9. The first kappa shape index (κ1) is 71.0. The van der Waals surface area contributed by atoms with E-state index < -0.39 is 8.07 Å². The standard InChI is InChI=1S/C17H12.2C15H12.C10H16Si.C10H14.3C5H6N2.C4H5N3/c1-11-5-6-14-8-7-12-3-2-4-13-9-10-15(11)17(14)16(12)13;1-11-10-12-6-2-3-8-14(12)15-9-5-4-7-13(11)15;1-11-6-7-13-9-8-12-4-2-3-5-14(12)15(13)10-11;1-9-5-7-10(8-6-9)11(2,3)4;1-7-5-8(2)10(4)9(3)6-7;1-5-2-6-4-7-3-5;1-5-2-3-6-4-7-5;1-5-6-3-2-4-7-5;1-4-6-2-5-3-7-4/h2-10H,1H3;2*2-10H,1H3;5-8H,1-4H3;5-6H,1-4H3;3*2-4H,1H3;2-3H,1H3. The monoisotopic (exact) mass is 1280 g/mol. The Bertz CT molecular complexity index is 4840. The average Bonchev–Trinajstić information content (AvgIpc) is 0.758. The molecule has 482 valence electrons. The molecule has 0 aliphatic rings. The van der Waals surface area contributed by atoms with Gasteiger partial charge in [0.25, 0.3) is 0 Å². The summed E-state index contributed by atoms with van der Waals surface area (Å²) in [5.41, 5.74) is 13.1. The van der Waals surface area contributed by atoms with Gasteiger partial charge >= 0.3 is 0 Å². The van der Waals surface area contributed by atoms with Crippen LogP contribution in [0.1, 0.15) is 67.4 Å². The first-order valence-electron chi connectivity index (χ1n) is 32.5. The summed E-state index contributed by atoms with van der Waals surface area (Å²) in [5.74, 6) is 1.58. The van der Waals surface area contributed by atoms with Crippen molar-refractivity contribution in [2.24, 2.45) is 0 Å². The molecule has 0 saturated carbocycles. The van der Waals surface area contributed by atoms with E-state index in [4.69, 9.17) is 0 Å². The summed E-state index contributed by atoms with van der Waals surface area (Å²) < 4.78 is 0. The van der Waals surface area contributed by atoms with Crippen molar-refractivity contribution in [2.75, 3.05) is 0 Å². The van der Waals surface area contributed by atoms with Gasteiger partial charge < -0.3 is 0 Å². The van der Waals surface area contributed by atoms with Crippen molar-refractivity contribution in [1.82, 2.24) is 44.9 Å². The average molecular weight is 1280 g/mol. The maximum absolute atomic E-state index is 3.87. The van der Waals surface area contributed by atoms with Gasteiger partial charge in [-0.1, -0.05) is 242 Å². The summed E-state index contributed by atoms with van der Waals surface area (Å²) in [7, 11) is -1.06. The van der Waals surface area contributed by atoms with Gasteiger partial charge in [0.05, 0.1) is 8.07 Å². The molecule has 9 nitrogen and oxygen atoms in total.